The molecule has 0 N–H and O–H groups in total. The number of nitriles is 3. The zero-order valence-corrected chi connectivity index (χ0v) is 26.5. The molecule has 0 fully saturated rings. The van der Waals surface area contributed by atoms with Crippen molar-refractivity contribution < 1.29 is 0 Å². The molecule has 3 aromatic heterocycles. The van der Waals surface area contributed by atoms with Gasteiger partial charge in [-0.05, 0) is 72.3 Å². The van der Waals surface area contributed by atoms with Gasteiger partial charge in [-0.25, -0.2) is 0 Å². The van der Waals surface area contributed by atoms with Crippen LogP contribution in [0.15, 0.2) is 146 Å². The molecule has 0 aliphatic rings. The predicted molar refractivity (Wildman–Crippen MR) is 198 cm³/mol. The van der Waals surface area contributed by atoms with Crippen LogP contribution in [-0.4, -0.2) is 14.1 Å². The van der Waals surface area contributed by atoms with Gasteiger partial charge >= 0.3 is 0 Å². The number of pyridine rings is 1. The molecular weight excluding hydrogens is 613 g/mol. The summed E-state index contributed by atoms with van der Waals surface area (Å²) in [7, 11) is 0. The summed E-state index contributed by atoms with van der Waals surface area (Å²) in [5.41, 5.74) is 10.3. The first-order valence-electron chi connectivity index (χ1n) is 16.1. The average Bonchev–Trinajstić information content (AvgIpc) is 3.69. The second kappa shape index (κ2) is 11.4. The summed E-state index contributed by atoms with van der Waals surface area (Å²) in [6, 6.07) is 53.0. The molecule has 0 amide bonds. The number of aromatic nitrogens is 3. The standard InChI is InChI=1S/C44H24N6/c45-25-28-16-18-40-35(21-28)33-11-4-6-14-38(33)49(40)42-23-31(32-13-8-20-48-44(32)30-9-2-1-3-10-30)24-43(37(42)27-47)50-39-15-7-5-12-34(39)36-22-29(26-46)17-19-41(36)50/h1-24H. The minimum atomic E-state index is 0.484. The van der Waals surface area contributed by atoms with E-state index in [0.717, 1.165) is 66.0 Å². The van der Waals surface area contributed by atoms with E-state index in [0.29, 0.717) is 28.1 Å². The molecule has 0 saturated carbocycles. The third kappa shape index (κ3) is 4.29. The number of nitrogens with zero attached hydrogens (tertiary/aromatic N) is 6. The van der Waals surface area contributed by atoms with Crippen LogP contribution in [0.4, 0.5) is 0 Å². The maximum Gasteiger partial charge on any atom is 0.104 e. The summed E-state index contributed by atoms with van der Waals surface area (Å²) >= 11 is 0. The number of benzene rings is 6. The minimum absolute atomic E-state index is 0.484. The van der Waals surface area contributed by atoms with Gasteiger partial charge in [-0.2, -0.15) is 15.8 Å². The number of para-hydroxylation sites is 2. The van der Waals surface area contributed by atoms with Crippen molar-refractivity contribution >= 4 is 43.6 Å². The first-order valence-corrected chi connectivity index (χ1v) is 16.1. The highest BCUT2D eigenvalue weighted by Crippen LogP contribution is 2.41. The molecule has 6 aromatic carbocycles. The quantitative estimate of drug-likeness (QED) is 0.192. The molecule has 0 unspecified atom stereocenters. The lowest BCUT2D eigenvalue weighted by molar-refractivity contribution is 1.12. The molecule has 230 valence electrons. The van der Waals surface area contributed by atoms with Gasteiger partial charge in [0.05, 0.1) is 62.4 Å². The SMILES string of the molecule is N#Cc1ccc2c(c1)c1ccccc1n2-c1cc(-c2cccnc2-c2ccccc2)cc(-n2c3ccccc3c3cc(C#N)ccc32)c1C#N. The van der Waals surface area contributed by atoms with Crippen molar-refractivity contribution in [3.63, 3.8) is 0 Å². The molecule has 50 heavy (non-hydrogen) atoms. The lowest BCUT2D eigenvalue weighted by atomic mass is 9.96. The Morgan fingerprint density at radius 1 is 0.440 bits per heavy atom. The monoisotopic (exact) mass is 636 g/mol. The van der Waals surface area contributed by atoms with E-state index in [1.807, 2.05) is 84.9 Å². The summed E-state index contributed by atoms with van der Waals surface area (Å²) in [5.74, 6) is 0. The molecule has 9 aromatic rings. The van der Waals surface area contributed by atoms with Crippen LogP contribution in [0, 0.1) is 34.0 Å². The Balaban J connectivity index is 1.46. The molecule has 3 heterocycles. The fraction of sp³-hybridized carbons (Fsp3) is 0. The van der Waals surface area contributed by atoms with Crippen molar-refractivity contribution in [1.82, 2.24) is 14.1 Å². The Morgan fingerprint density at radius 2 is 0.960 bits per heavy atom. The van der Waals surface area contributed by atoms with Gasteiger partial charge in [-0.1, -0.05) is 72.8 Å². The normalized spacial score (nSPS) is 11.1. The zero-order chi connectivity index (χ0) is 33.8. The maximum absolute atomic E-state index is 11.2. The lowest BCUT2D eigenvalue weighted by Crippen LogP contribution is -2.05. The van der Waals surface area contributed by atoms with Gasteiger partial charge < -0.3 is 9.13 Å². The highest BCUT2D eigenvalue weighted by Gasteiger charge is 2.23. The van der Waals surface area contributed by atoms with E-state index in [4.69, 9.17) is 4.98 Å². The highest BCUT2D eigenvalue weighted by atomic mass is 15.0. The number of rotatable bonds is 4. The molecule has 0 atom stereocenters. The van der Waals surface area contributed by atoms with E-state index in [1.54, 1.807) is 6.20 Å². The van der Waals surface area contributed by atoms with E-state index in [1.165, 1.54) is 0 Å². The van der Waals surface area contributed by atoms with Crippen molar-refractivity contribution in [3.05, 3.63) is 162 Å². The van der Waals surface area contributed by atoms with Gasteiger partial charge in [0.2, 0.25) is 0 Å². The summed E-state index contributed by atoms with van der Waals surface area (Å²) in [6.07, 6.45) is 1.80. The topological polar surface area (TPSA) is 94.1 Å². The second-order valence-electron chi connectivity index (χ2n) is 12.2. The molecule has 0 radical (unpaired) electrons. The summed E-state index contributed by atoms with van der Waals surface area (Å²) < 4.78 is 4.27. The first-order chi connectivity index (χ1) is 24.7. The fourth-order valence-corrected chi connectivity index (χ4v) is 7.30. The smallest absolute Gasteiger partial charge is 0.104 e. The van der Waals surface area contributed by atoms with Crippen LogP contribution >= 0.6 is 0 Å². The average molecular weight is 637 g/mol. The van der Waals surface area contributed by atoms with E-state index in [9.17, 15) is 15.8 Å². The van der Waals surface area contributed by atoms with Gasteiger partial charge in [0.25, 0.3) is 0 Å². The second-order valence-corrected chi connectivity index (χ2v) is 12.2. The number of fused-ring (bicyclic) bond motifs is 6. The summed E-state index contributed by atoms with van der Waals surface area (Å²) in [6.45, 7) is 0. The van der Waals surface area contributed by atoms with Gasteiger partial charge in [0.15, 0.2) is 0 Å². The number of hydrogen-bond acceptors (Lipinski definition) is 4. The van der Waals surface area contributed by atoms with Crippen LogP contribution < -0.4 is 0 Å². The fourth-order valence-electron chi connectivity index (χ4n) is 7.30. The third-order valence-electron chi connectivity index (χ3n) is 9.46. The van der Waals surface area contributed by atoms with Crippen molar-refractivity contribution in [3.8, 4) is 52.0 Å². The zero-order valence-electron chi connectivity index (χ0n) is 26.5. The van der Waals surface area contributed by atoms with E-state index in [-0.39, 0.29) is 0 Å². The summed E-state index contributed by atoms with van der Waals surface area (Å²) in [4.78, 5) is 4.85. The third-order valence-corrected chi connectivity index (χ3v) is 9.46. The molecule has 9 rings (SSSR count). The molecule has 0 bridgehead atoms. The van der Waals surface area contributed by atoms with Crippen LogP contribution in [0.25, 0.3) is 77.4 Å². The van der Waals surface area contributed by atoms with Crippen LogP contribution in [-0.2, 0) is 0 Å². The van der Waals surface area contributed by atoms with Crippen molar-refractivity contribution in [1.29, 1.82) is 15.8 Å². The minimum Gasteiger partial charge on any atom is -0.308 e. The molecule has 0 spiro atoms. The molecule has 0 aliphatic heterocycles. The summed E-state index contributed by atoms with van der Waals surface area (Å²) in [5, 5.41) is 34.6. The van der Waals surface area contributed by atoms with Gasteiger partial charge in [-0.15, -0.1) is 0 Å². The van der Waals surface area contributed by atoms with Crippen LogP contribution in [0.2, 0.25) is 0 Å². The Bertz CT molecular complexity index is 2810. The van der Waals surface area contributed by atoms with Gasteiger partial charge in [-0.3, -0.25) is 4.98 Å². The molecular formula is C44H24N6. The van der Waals surface area contributed by atoms with Crippen molar-refractivity contribution in [2.24, 2.45) is 0 Å². The Morgan fingerprint density at radius 3 is 1.50 bits per heavy atom. The highest BCUT2D eigenvalue weighted by molar-refractivity contribution is 6.11. The molecule has 6 heteroatoms. The van der Waals surface area contributed by atoms with Gasteiger partial charge in [0.1, 0.15) is 11.6 Å². The number of hydrogen-bond donors (Lipinski definition) is 0. The van der Waals surface area contributed by atoms with E-state index < -0.39 is 0 Å². The van der Waals surface area contributed by atoms with Crippen molar-refractivity contribution in [2.75, 3.05) is 0 Å². The Labute approximate surface area is 287 Å². The van der Waals surface area contributed by atoms with Crippen LogP contribution in [0.1, 0.15) is 16.7 Å². The van der Waals surface area contributed by atoms with E-state index >= 15 is 0 Å². The predicted octanol–water partition coefficient (Wildman–Crippen LogP) is 10.2. The van der Waals surface area contributed by atoms with Crippen molar-refractivity contribution in [2.45, 2.75) is 0 Å². The molecule has 0 aliphatic carbocycles. The molecule has 0 saturated heterocycles. The van der Waals surface area contributed by atoms with Gasteiger partial charge in [0, 0.05) is 38.9 Å². The van der Waals surface area contributed by atoms with Crippen LogP contribution in [0.5, 0.6) is 0 Å². The Kier molecular flexibility index (Phi) is 6.53. The largest absolute Gasteiger partial charge is 0.308 e. The first kappa shape index (κ1) is 28.7. The Hall–Kier alpha value is -7.46. The lowest BCUT2D eigenvalue weighted by Gasteiger charge is -2.19. The van der Waals surface area contributed by atoms with Crippen LogP contribution in [0.3, 0.4) is 0 Å². The van der Waals surface area contributed by atoms with E-state index in [2.05, 4.69) is 81.9 Å². The maximum atomic E-state index is 11.2. The molecule has 6 nitrogen and oxygen atoms in total.